The Morgan fingerprint density at radius 3 is 2.57 bits per heavy atom. The zero-order chi connectivity index (χ0) is 21.1. The Morgan fingerprint density at radius 1 is 1.32 bits per heavy atom. The lowest BCUT2D eigenvalue weighted by atomic mass is 10.2. The Bertz CT molecular complexity index is 783. The summed E-state index contributed by atoms with van der Waals surface area (Å²) < 4.78 is 12.4. The predicted molar refractivity (Wildman–Crippen MR) is 103 cm³/mol. The van der Waals surface area contributed by atoms with E-state index in [9.17, 15) is 19.5 Å². The molecule has 0 aliphatic carbocycles. The number of aromatic nitrogens is 1. The number of carbonyl (C=O) groups excluding carboxylic acids is 2. The highest BCUT2D eigenvalue weighted by atomic mass is 16.6. The van der Waals surface area contributed by atoms with Crippen molar-refractivity contribution in [2.75, 3.05) is 24.9 Å². The van der Waals surface area contributed by atoms with Gasteiger partial charge in [-0.05, 0) is 34.1 Å². The molecule has 9 nitrogen and oxygen atoms in total. The highest BCUT2D eigenvalue weighted by Crippen LogP contribution is 2.24. The SMILES string of the molecule is CCCCOc1c2n(ccc1=O)N(C(=O)OC(C)(C)C)CN(C(C)CO)C2=O. The number of nitrogens with zero attached hydrogens (tertiary/aromatic N) is 3. The van der Waals surface area contributed by atoms with Gasteiger partial charge in [0, 0.05) is 12.3 Å². The first-order valence-corrected chi connectivity index (χ1v) is 9.41. The van der Waals surface area contributed by atoms with Crippen LogP contribution in [0.25, 0.3) is 0 Å². The number of hydrogen-bond acceptors (Lipinski definition) is 6. The first-order chi connectivity index (χ1) is 13.1. The van der Waals surface area contributed by atoms with Crippen LogP contribution in [0.5, 0.6) is 5.75 Å². The number of aliphatic hydroxyl groups excluding tert-OH is 1. The van der Waals surface area contributed by atoms with E-state index >= 15 is 0 Å². The van der Waals surface area contributed by atoms with E-state index in [4.69, 9.17) is 9.47 Å². The van der Waals surface area contributed by atoms with E-state index in [1.807, 2.05) is 6.92 Å². The summed E-state index contributed by atoms with van der Waals surface area (Å²) in [6.07, 6.45) is 2.25. The number of carbonyl (C=O) groups is 2. The molecule has 1 N–H and O–H groups in total. The van der Waals surface area contributed by atoms with Crippen LogP contribution in [0.2, 0.25) is 0 Å². The van der Waals surface area contributed by atoms with Crippen molar-refractivity contribution in [1.82, 2.24) is 9.58 Å². The van der Waals surface area contributed by atoms with Crippen LogP contribution in [0.4, 0.5) is 4.79 Å². The molecule has 0 saturated carbocycles. The van der Waals surface area contributed by atoms with Crippen LogP contribution >= 0.6 is 0 Å². The molecule has 156 valence electrons. The minimum Gasteiger partial charge on any atom is -0.487 e. The van der Waals surface area contributed by atoms with Crippen molar-refractivity contribution in [3.8, 4) is 5.75 Å². The average Bonchev–Trinajstić information content (AvgIpc) is 2.61. The van der Waals surface area contributed by atoms with Gasteiger partial charge >= 0.3 is 6.09 Å². The van der Waals surface area contributed by atoms with E-state index in [1.165, 1.54) is 26.8 Å². The van der Waals surface area contributed by atoms with Gasteiger partial charge < -0.3 is 19.5 Å². The lowest BCUT2D eigenvalue weighted by Gasteiger charge is -2.40. The van der Waals surface area contributed by atoms with Crippen LogP contribution in [-0.4, -0.2) is 58.2 Å². The van der Waals surface area contributed by atoms with E-state index < -0.39 is 29.1 Å². The highest BCUT2D eigenvalue weighted by Gasteiger charge is 2.38. The van der Waals surface area contributed by atoms with Crippen LogP contribution in [0.1, 0.15) is 57.9 Å². The second-order valence-corrected chi connectivity index (χ2v) is 7.73. The fourth-order valence-electron chi connectivity index (χ4n) is 2.67. The van der Waals surface area contributed by atoms with Gasteiger partial charge in [0.2, 0.25) is 5.43 Å². The first kappa shape index (κ1) is 21.7. The molecule has 2 heterocycles. The maximum absolute atomic E-state index is 13.1. The number of ether oxygens (including phenoxy) is 2. The van der Waals surface area contributed by atoms with Gasteiger partial charge in [0.15, 0.2) is 11.4 Å². The molecule has 1 unspecified atom stereocenters. The van der Waals surface area contributed by atoms with E-state index in [0.717, 1.165) is 6.42 Å². The number of unbranched alkanes of at least 4 members (excludes halogenated alkanes) is 1. The fraction of sp³-hybridized carbons (Fsp3) is 0.632. The summed E-state index contributed by atoms with van der Waals surface area (Å²) >= 11 is 0. The van der Waals surface area contributed by atoms with Crippen LogP contribution in [-0.2, 0) is 4.74 Å². The second kappa shape index (κ2) is 8.64. The van der Waals surface area contributed by atoms with Crippen molar-refractivity contribution in [2.45, 2.75) is 59.1 Å². The molecule has 1 aliphatic heterocycles. The van der Waals surface area contributed by atoms with Crippen molar-refractivity contribution >= 4 is 12.0 Å². The van der Waals surface area contributed by atoms with Crippen molar-refractivity contribution in [1.29, 1.82) is 0 Å². The minimum absolute atomic E-state index is 0.0546. The molecule has 2 amide bonds. The van der Waals surface area contributed by atoms with Crippen molar-refractivity contribution in [2.24, 2.45) is 0 Å². The summed E-state index contributed by atoms with van der Waals surface area (Å²) in [5.41, 5.74) is -1.25. The molecular weight excluding hydrogens is 366 g/mol. The van der Waals surface area contributed by atoms with E-state index in [0.29, 0.717) is 6.42 Å². The molecule has 1 aromatic heterocycles. The van der Waals surface area contributed by atoms with Gasteiger partial charge in [-0.15, -0.1) is 0 Å². The standard InChI is InChI=1S/C19H29N3O6/c1-6-7-10-27-16-14(24)8-9-21-15(16)17(25)20(13(2)11-23)12-22(21)18(26)28-19(3,4)5/h8-9,13,23H,6-7,10-12H2,1-5H3. The molecule has 28 heavy (non-hydrogen) atoms. The third-order valence-electron chi connectivity index (χ3n) is 4.19. The Morgan fingerprint density at radius 2 is 2.00 bits per heavy atom. The van der Waals surface area contributed by atoms with Gasteiger partial charge in [-0.2, -0.15) is 5.01 Å². The Balaban J connectivity index is 2.56. The number of amides is 2. The number of hydrogen-bond donors (Lipinski definition) is 1. The fourth-order valence-corrected chi connectivity index (χ4v) is 2.67. The van der Waals surface area contributed by atoms with Gasteiger partial charge in [0.1, 0.15) is 12.3 Å². The van der Waals surface area contributed by atoms with Crippen LogP contribution in [0.3, 0.4) is 0 Å². The van der Waals surface area contributed by atoms with Crippen LogP contribution < -0.4 is 15.2 Å². The molecule has 0 radical (unpaired) electrons. The molecule has 9 heteroatoms. The lowest BCUT2D eigenvalue weighted by molar-refractivity contribution is 0.0377. The normalized spacial score (nSPS) is 15.3. The van der Waals surface area contributed by atoms with Gasteiger partial charge in [-0.1, -0.05) is 13.3 Å². The van der Waals surface area contributed by atoms with Crippen LogP contribution in [0.15, 0.2) is 17.1 Å². The average molecular weight is 395 g/mol. The van der Waals surface area contributed by atoms with Gasteiger partial charge in [0.05, 0.1) is 19.3 Å². The Hall–Kier alpha value is -2.55. The molecule has 1 aliphatic rings. The largest absolute Gasteiger partial charge is 0.487 e. The van der Waals surface area contributed by atoms with Crippen LogP contribution in [0, 0.1) is 0 Å². The topological polar surface area (TPSA) is 101 Å². The maximum Gasteiger partial charge on any atom is 0.431 e. The highest BCUT2D eigenvalue weighted by molar-refractivity contribution is 5.98. The van der Waals surface area contributed by atoms with E-state index in [-0.39, 0.29) is 31.3 Å². The Kier molecular flexibility index (Phi) is 6.71. The predicted octanol–water partition coefficient (Wildman–Crippen LogP) is 1.69. The molecule has 2 rings (SSSR count). The summed E-state index contributed by atoms with van der Waals surface area (Å²) in [7, 11) is 0. The molecule has 1 atom stereocenters. The molecule has 0 bridgehead atoms. The van der Waals surface area contributed by atoms with Gasteiger partial charge in [-0.25, -0.2) is 9.47 Å². The monoisotopic (exact) mass is 395 g/mol. The third kappa shape index (κ3) is 4.64. The minimum atomic E-state index is -0.744. The van der Waals surface area contributed by atoms with Gasteiger partial charge in [-0.3, -0.25) is 9.59 Å². The summed E-state index contributed by atoms with van der Waals surface area (Å²) in [5.74, 6) is -0.602. The van der Waals surface area contributed by atoms with E-state index in [1.54, 1.807) is 27.7 Å². The second-order valence-electron chi connectivity index (χ2n) is 7.73. The number of fused-ring (bicyclic) bond motifs is 1. The maximum atomic E-state index is 13.1. The molecule has 1 aromatic rings. The summed E-state index contributed by atoms with van der Waals surface area (Å²) in [6, 6.07) is 0.686. The first-order valence-electron chi connectivity index (χ1n) is 9.41. The summed E-state index contributed by atoms with van der Waals surface area (Å²) in [5, 5.41) is 10.7. The number of aliphatic hydroxyl groups is 1. The number of pyridine rings is 1. The molecule has 0 fully saturated rings. The molecule has 0 saturated heterocycles. The van der Waals surface area contributed by atoms with Crippen molar-refractivity contribution in [3.63, 3.8) is 0 Å². The zero-order valence-electron chi connectivity index (χ0n) is 17.1. The molecule has 0 aromatic carbocycles. The van der Waals surface area contributed by atoms with Crippen molar-refractivity contribution < 1.29 is 24.2 Å². The summed E-state index contributed by atoms with van der Waals surface area (Å²) in [4.78, 5) is 39.5. The molecular formula is C19H29N3O6. The smallest absolute Gasteiger partial charge is 0.431 e. The Labute approximate surface area is 164 Å². The lowest BCUT2D eigenvalue weighted by Crippen LogP contribution is -2.60. The van der Waals surface area contributed by atoms with Gasteiger partial charge in [0.25, 0.3) is 5.91 Å². The third-order valence-corrected chi connectivity index (χ3v) is 4.19. The quantitative estimate of drug-likeness (QED) is 0.736. The number of rotatable bonds is 6. The van der Waals surface area contributed by atoms with E-state index in [2.05, 4.69) is 0 Å². The van der Waals surface area contributed by atoms with Crippen molar-refractivity contribution in [3.05, 3.63) is 28.2 Å². The molecule has 0 spiro atoms. The summed E-state index contributed by atoms with van der Waals surface area (Å²) in [6.45, 7) is 8.70. The zero-order valence-corrected chi connectivity index (χ0v) is 17.1.